The lowest BCUT2D eigenvalue weighted by Crippen LogP contribution is -2.04. The molecule has 8 heavy (non-hydrogen) atoms. The van der Waals surface area contributed by atoms with Crippen molar-refractivity contribution in [3.63, 3.8) is 0 Å². The maximum atomic E-state index is 8.61. The fraction of sp³-hybridized carbons (Fsp3) is 0.250. The van der Waals surface area contributed by atoms with Gasteiger partial charge in [-0.2, -0.15) is 0 Å². The molecule has 0 aromatic carbocycles. The molecule has 0 fully saturated rings. The summed E-state index contributed by atoms with van der Waals surface area (Å²) in [5, 5.41) is 8.61. The highest BCUT2D eigenvalue weighted by Gasteiger charge is 1.88. The standard InChI is InChI=1S/C4H7N3O/c1-5-7-2-4(8)6-3-7/h2-3,5,8H,1H3. The van der Waals surface area contributed by atoms with Crippen LogP contribution in [0.2, 0.25) is 0 Å². The van der Waals surface area contributed by atoms with Crippen LogP contribution in [0.5, 0.6) is 5.88 Å². The zero-order chi connectivity index (χ0) is 5.98. The molecule has 44 valence electrons. The van der Waals surface area contributed by atoms with E-state index in [1.807, 2.05) is 0 Å². The Morgan fingerprint density at radius 2 is 2.62 bits per heavy atom. The largest absolute Gasteiger partial charge is 0.492 e. The first-order valence-electron chi connectivity index (χ1n) is 2.23. The Kier molecular flexibility index (Phi) is 1.07. The highest BCUT2D eigenvalue weighted by Crippen LogP contribution is 1.98. The van der Waals surface area contributed by atoms with Crippen LogP contribution in [0.4, 0.5) is 0 Å². The first-order valence-corrected chi connectivity index (χ1v) is 2.23. The Morgan fingerprint density at radius 3 is 2.88 bits per heavy atom. The molecule has 1 heterocycles. The van der Waals surface area contributed by atoms with E-state index in [1.165, 1.54) is 12.5 Å². The quantitative estimate of drug-likeness (QED) is 0.528. The number of nitrogens with zero attached hydrogens (tertiary/aromatic N) is 2. The van der Waals surface area contributed by atoms with E-state index in [0.29, 0.717) is 0 Å². The molecule has 4 nitrogen and oxygen atoms in total. The summed E-state index contributed by atoms with van der Waals surface area (Å²) in [7, 11) is 1.74. The molecular formula is C4H7N3O. The molecule has 0 radical (unpaired) electrons. The van der Waals surface area contributed by atoms with E-state index in [-0.39, 0.29) is 5.88 Å². The number of hydrogen-bond acceptors (Lipinski definition) is 3. The summed E-state index contributed by atoms with van der Waals surface area (Å²) in [6, 6.07) is 0. The zero-order valence-electron chi connectivity index (χ0n) is 4.50. The van der Waals surface area contributed by atoms with E-state index < -0.39 is 0 Å². The third-order valence-corrected chi connectivity index (χ3v) is 0.827. The lowest BCUT2D eigenvalue weighted by atomic mass is 10.9. The van der Waals surface area contributed by atoms with Gasteiger partial charge in [0.15, 0.2) is 0 Å². The molecule has 1 aromatic heterocycles. The first-order chi connectivity index (χ1) is 3.83. The van der Waals surface area contributed by atoms with Gasteiger partial charge in [-0.3, -0.25) is 4.68 Å². The molecule has 1 rings (SSSR count). The Bertz CT molecular complexity index is 172. The molecule has 0 aliphatic heterocycles. The second-order valence-electron chi connectivity index (χ2n) is 1.36. The van der Waals surface area contributed by atoms with Crippen molar-refractivity contribution >= 4 is 0 Å². The summed E-state index contributed by atoms with van der Waals surface area (Å²) in [4.78, 5) is 3.54. The minimum absolute atomic E-state index is 0.0272. The average Bonchev–Trinajstić information content (AvgIpc) is 2.14. The van der Waals surface area contributed by atoms with Gasteiger partial charge < -0.3 is 10.5 Å². The third-order valence-electron chi connectivity index (χ3n) is 0.827. The number of imidazole rings is 1. The second-order valence-corrected chi connectivity index (χ2v) is 1.36. The first kappa shape index (κ1) is 4.96. The molecule has 0 spiro atoms. The Morgan fingerprint density at radius 1 is 1.88 bits per heavy atom. The highest BCUT2D eigenvalue weighted by atomic mass is 16.3. The van der Waals surface area contributed by atoms with Crippen LogP contribution in [0.3, 0.4) is 0 Å². The van der Waals surface area contributed by atoms with Gasteiger partial charge >= 0.3 is 0 Å². The summed E-state index contributed by atoms with van der Waals surface area (Å²) in [6.45, 7) is 0. The van der Waals surface area contributed by atoms with Crippen molar-refractivity contribution in [2.45, 2.75) is 0 Å². The number of nitrogens with one attached hydrogen (secondary N) is 1. The predicted molar refractivity (Wildman–Crippen MR) is 29.2 cm³/mol. The minimum atomic E-state index is 0.0272. The third kappa shape index (κ3) is 0.726. The van der Waals surface area contributed by atoms with Crippen molar-refractivity contribution in [1.82, 2.24) is 9.66 Å². The normalized spacial score (nSPS) is 9.12. The summed E-state index contributed by atoms with van der Waals surface area (Å²) in [5.74, 6) is 0.0272. The van der Waals surface area contributed by atoms with Gasteiger partial charge in [0.05, 0.1) is 6.20 Å². The van der Waals surface area contributed by atoms with Crippen molar-refractivity contribution in [3.05, 3.63) is 12.5 Å². The van der Waals surface area contributed by atoms with Crippen molar-refractivity contribution < 1.29 is 5.11 Å². The fourth-order valence-corrected chi connectivity index (χ4v) is 0.435. The number of rotatable bonds is 1. The maximum Gasteiger partial charge on any atom is 0.231 e. The molecular weight excluding hydrogens is 106 g/mol. The van der Waals surface area contributed by atoms with E-state index in [9.17, 15) is 0 Å². The van der Waals surface area contributed by atoms with Crippen LogP contribution in [0.15, 0.2) is 12.5 Å². The molecule has 0 amide bonds. The van der Waals surface area contributed by atoms with Gasteiger partial charge in [-0.05, 0) is 0 Å². The molecule has 0 bridgehead atoms. The van der Waals surface area contributed by atoms with Crippen LogP contribution in [-0.2, 0) is 0 Å². The van der Waals surface area contributed by atoms with Gasteiger partial charge in [0, 0.05) is 7.05 Å². The van der Waals surface area contributed by atoms with E-state index in [0.717, 1.165) is 0 Å². The Hall–Kier alpha value is -1.19. The molecule has 0 saturated heterocycles. The smallest absolute Gasteiger partial charge is 0.231 e. The van der Waals surface area contributed by atoms with Gasteiger partial charge in [0.1, 0.15) is 6.33 Å². The molecule has 0 unspecified atom stereocenters. The summed E-state index contributed by atoms with van der Waals surface area (Å²) in [6.07, 6.45) is 2.95. The highest BCUT2D eigenvalue weighted by molar-refractivity contribution is 5.01. The number of aromatic hydroxyl groups is 1. The second kappa shape index (κ2) is 1.73. The van der Waals surface area contributed by atoms with Crippen molar-refractivity contribution in [2.24, 2.45) is 0 Å². The SMILES string of the molecule is CNn1cnc(O)c1. The van der Waals surface area contributed by atoms with Crippen LogP contribution in [0.1, 0.15) is 0 Å². The number of aromatic nitrogens is 2. The molecule has 2 N–H and O–H groups in total. The Labute approximate surface area is 46.7 Å². The fourth-order valence-electron chi connectivity index (χ4n) is 0.435. The average molecular weight is 113 g/mol. The van der Waals surface area contributed by atoms with E-state index in [1.54, 1.807) is 11.7 Å². The van der Waals surface area contributed by atoms with Gasteiger partial charge in [-0.1, -0.05) is 0 Å². The lowest BCUT2D eigenvalue weighted by Gasteiger charge is -1.93. The summed E-state index contributed by atoms with van der Waals surface area (Å²) >= 11 is 0. The van der Waals surface area contributed by atoms with Crippen LogP contribution in [0, 0.1) is 0 Å². The van der Waals surface area contributed by atoms with Gasteiger partial charge in [0.25, 0.3) is 0 Å². The van der Waals surface area contributed by atoms with Crippen molar-refractivity contribution in [2.75, 3.05) is 12.5 Å². The molecule has 1 aromatic rings. The monoisotopic (exact) mass is 113 g/mol. The molecule has 0 saturated carbocycles. The van der Waals surface area contributed by atoms with Crippen molar-refractivity contribution in [3.8, 4) is 5.88 Å². The lowest BCUT2D eigenvalue weighted by molar-refractivity contribution is 0.456. The minimum Gasteiger partial charge on any atom is -0.492 e. The van der Waals surface area contributed by atoms with Crippen LogP contribution in [-0.4, -0.2) is 21.8 Å². The molecule has 0 atom stereocenters. The topological polar surface area (TPSA) is 50.1 Å². The molecule has 4 heteroatoms. The summed E-state index contributed by atoms with van der Waals surface area (Å²) in [5.41, 5.74) is 2.74. The van der Waals surface area contributed by atoms with Crippen LogP contribution in [0.25, 0.3) is 0 Å². The maximum absolute atomic E-state index is 8.61. The van der Waals surface area contributed by atoms with E-state index >= 15 is 0 Å². The van der Waals surface area contributed by atoms with Gasteiger partial charge in [0.2, 0.25) is 5.88 Å². The Balaban J connectivity index is 2.84. The van der Waals surface area contributed by atoms with E-state index in [4.69, 9.17) is 5.11 Å². The molecule has 0 aliphatic carbocycles. The van der Waals surface area contributed by atoms with Gasteiger partial charge in [-0.25, -0.2) is 4.98 Å². The molecule has 0 aliphatic rings. The van der Waals surface area contributed by atoms with Crippen LogP contribution < -0.4 is 5.43 Å². The predicted octanol–water partition coefficient (Wildman–Crippen LogP) is -0.238. The van der Waals surface area contributed by atoms with Crippen molar-refractivity contribution in [1.29, 1.82) is 0 Å². The zero-order valence-corrected chi connectivity index (χ0v) is 4.50. The summed E-state index contributed by atoms with van der Waals surface area (Å²) < 4.78 is 1.55. The number of hydrogen-bond donors (Lipinski definition) is 2. The van der Waals surface area contributed by atoms with Crippen LogP contribution >= 0.6 is 0 Å². The van der Waals surface area contributed by atoms with E-state index in [2.05, 4.69) is 10.4 Å². The van der Waals surface area contributed by atoms with Gasteiger partial charge in [-0.15, -0.1) is 0 Å².